The average molecular weight is 582 g/mol. The Balaban J connectivity index is 1.48. The number of rotatable bonds is 9. The molecule has 3 atom stereocenters. The van der Waals surface area contributed by atoms with E-state index in [-0.39, 0.29) is 24.7 Å². The lowest BCUT2D eigenvalue weighted by Crippen LogP contribution is -2.38. The number of esters is 2. The lowest BCUT2D eigenvalue weighted by Gasteiger charge is -2.36. The number of ketones is 1. The predicted octanol–water partition coefficient (Wildman–Crippen LogP) is 5.85. The van der Waals surface area contributed by atoms with Gasteiger partial charge in [-0.2, -0.15) is 0 Å². The highest BCUT2D eigenvalue weighted by Gasteiger charge is 2.45. The number of nitrogens with zero attached hydrogens (tertiary/aromatic N) is 1. The third-order valence-corrected chi connectivity index (χ3v) is 8.19. The van der Waals surface area contributed by atoms with Crippen molar-refractivity contribution in [3.05, 3.63) is 106 Å². The first kappa shape index (κ1) is 29.8. The maximum atomic E-state index is 14.0. The van der Waals surface area contributed by atoms with Crippen LogP contribution in [0.4, 0.5) is 0 Å². The Labute approximate surface area is 251 Å². The number of carbonyl (C=O) groups is 3. The van der Waals surface area contributed by atoms with Crippen LogP contribution in [0.25, 0.3) is 0 Å². The summed E-state index contributed by atoms with van der Waals surface area (Å²) in [7, 11) is 4.49. The largest absolute Gasteiger partial charge is 0.493 e. The van der Waals surface area contributed by atoms with Gasteiger partial charge in [-0.15, -0.1) is 0 Å². The Kier molecular flexibility index (Phi) is 9.04. The second kappa shape index (κ2) is 13.1. The summed E-state index contributed by atoms with van der Waals surface area (Å²) in [6.45, 7) is 2.02. The topological polar surface area (TPSA) is 100 Å². The van der Waals surface area contributed by atoms with Crippen molar-refractivity contribution in [1.29, 1.82) is 0 Å². The van der Waals surface area contributed by atoms with Crippen LogP contribution in [0.2, 0.25) is 0 Å². The predicted molar refractivity (Wildman–Crippen MR) is 162 cm³/mol. The highest BCUT2D eigenvalue weighted by molar-refractivity contribution is 6.09. The molecule has 0 spiro atoms. The molecule has 0 amide bonds. The second-order valence-corrected chi connectivity index (χ2v) is 10.7. The summed E-state index contributed by atoms with van der Waals surface area (Å²) in [6.07, 6.45) is 1.36. The first-order valence-corrected chi connectivity index (χ1v) is 14.3. The number of aliphatic imine (C=N–C) groups is 1. The van der Waals surface area contributed by atoms with Gasteiger partial charge >= 0.3 is 11.9 Å². The molecule has 0 saturated carbocycles. The van der Waals surface area contributed by atoms with Gasteiger partial charge in [-0.05, 0) is 60.2 Å². The number of ether oxygens (including phenoxy) is 4. The van der Waals surface area contributed by atoms with Gasteiger partial charge in [0.25, 0.3) is 0 Å². The van der Waals surface area contributed by atoms with E-state index in [0.717, 1.165) is 16.7 Å². The number of Topliss-reactive ketones (excluding diaryl/α,β-unsaturated/α-hetero) is 1. The van der Waals surface area contributed by atoms with Gasteiger partial charge in [0.1, 0.15) is 5.92 Å². The van der Waals surface area contributed by atoms with Gasteiger partial charge in [0.15, 0.2) is 17.3 Å². The molecule has 0 fully saturated rings. The molecule has 0 radical (unpaired) electrons. The molecular formula is C35H35NO7. The number of benzene rings is 3. The van der Waals surface area contributed by atoms with E-state index >= 15 is 0 Å². The van der Waals surface area contributed by atoms with Gasteiger partial charge in [-0.25, -0.2) is 4.79 Å². The van der Waals surface area contributed by atoms with E-state index in [1.807, 2.05) is 55.5 Å². The number of methoxy groups -OCH3 is 3. The molecular weight excluding hydrogens is 546 g/mol. The van der Waals surface area contributed by atoms with E-state index in [0.29, 0.717) is 46.9 Å². The molecule has 222 valence electrons. The minimum absolute atomic E-state index is 0.0681. The molecule has 5 rings (SSSR count). The Morgan fingerprint density at radius 3 is 2.23 bits per heavy atom. The van der Waals surface area contributed by atoms with Crippen LogP contribution in [0.5, 0.6) is 11.5 Å². The van der Waals surface area contributed by atoms with Crippen molar-refractivity contribution in [1.82, 2.24) is 0 Å². The molecule has 0 N–H and O–H groups in total. The van der Waals surface area contributed by atoms with Crippen molar-refractivity contribution in [2.24, 2.45) is 10.9 Å². The monoisotopic (exact) mass is 581 g/mol. The van der Waals surface area contributed by atoms with Crippen molar-refractivity contribution in [3.63, 3.8) is 0 Å². The zero-order chi connectivity index (χ0) is 30.5. The van der Waals surface area contributed by atoms with E-state index in [4.69, 9.17) is 23.9 Å². The minimum Gasteiger partial charge on any atom is -0.493 e. The highest BCUT2D eigenvalue weighted by Crippen LogP contribution is 2.47. The third kappa shape index (κ3) is 6.23. The summed E-state index contributed by atoms with van der Waals surface area (Å²) in [5.41, 5.74) is 4.91. The van der Waals surface area contributed by atoms with Gasteiger partial charge in [0, 0.05) is 35.7 Å². The molecule has 1 unspecified atom stereocenters. The van der Waals surface area contributed by atoms with E-state index in [1.54, 1.807) is 38.5 Å². The Morgan fingerprint density at radius 2 is 1.56 bits per heavy atom. The number of hydrogen-bond donors (Lipinski definition) is 0. The lowest BCUT2D eigenvalue weighted by atomic mass is 9.69. The lowest BCUT2D eigenvalue weighted by molar-refractivity contribution is -0.146. The molecule has 3 aromatic rings. The van der Waals surface area contributed by atoms with Crippen molar-refractivity contribution in [2.75, 3.05) is 27.9 Å². The molecule has 0 saturated heterocycles. The molecule has 0 bridgehead atoms. The van der Waals surface area contributed by atoms with E-state index in [9.17, 15) is 14.4 Å². The van der Waals surface area contributed by atoms with Crippen molar-refractivity contribution in [2.45, 2.75) is 38.0 Å². The van der Waals surface area contributed by atoms with Crippen LogP contribution >= 0.6 is 0 Å². The van der Waals surface area contributed by atoms with E-state index < -0.39 is 23.8 Å². The van der Waals surface area contributed by atoms with E-state index in [1.165, 1.54) is 7.11 Å². The van der Waals surface area contributed by atoms with E-state index in [2.05, 4.69) is 0 Å². The smallest absolute Gasteiger partial charge is 0.337 e. The summed E-state index contributed by atoms with van der Waals surface area (Å²) in [5, 5.41) is 0. The summed E-state index contributed by atoms with van der Waals surface area (Å²) in [4.78, 5) is 44.6. The first-order valence-electron chi connectivity index (χ1n) is 14.3. The molecule has 1 heterocycles. The van der Waals surface area contributed by atoms with Gasteiger partial charge in [0.05, 0.1) is 33.5 Å². The van der Waals surface area contributed by atoms with Gasteiger partial charge in [-0.1, -0.05) is 48.5 Å². The molecule has 3 aromatic carbocycles. The summed E-state index contributed by atoms with van der Waals surface area (Å²) in [5.74, 6) is -1.23. The molecule has 1 aliphatic carbocycles. The van der Waals surface area contributed by atoms with Crippen LogP contribution in [0, 0.1) is 5.92 Å². The third-order valence-electron chi connectivity index (χ3n) is 8.19. The van der Waals surface area contributed by atoms with Crippen LogP contribution in [-0.2, 0) is 25.5 Å². The zero-order valence-electron chi connectivity index (χ0n) is 24.8. The minimum atomic E-state index is -0.778. The molecule has 2 aliphatic rings. The average Bonchev–Trinajstić information content (AvgIpc) is 3.03. The maximum Gasteiger partial charge on any atom is 0.337 e. The van der Waals surface area contributed by atoms with Crippen LogP contribution in [0.15, 0.2) is 89.1 Å². The summed E-state index contributed by atoms with van der Waals surface area (Å²) in [6, 6.07) is 22.3. The zero-order valence-corrected chi connectivity index (χ0v) is 24.8. The SMILES string of the molecule is COC(=O)c1ccc([C@H]2C3=C(C[C@@H](c4ccc(OC)c(OC)c4)CC3=O)N=C(C)C2C(=O)OCCc2ccccc2)cc1. The number of carbonyl (C=O) groups excluding carboxylic acids is 3. The van der Waals surface area contributed by atoms with Gasteiger partial charge in [0.2, 0.25) is 0 Å². The van der Waals surface area contributed by atoms with Crippen LogP contribution in [0.3, 0.4) is 0 Å². The van der Waals surface area contributed by atoms with Crippen LogP contribution < -0.4 is 9.47 Å². The molecule has 8 nitrogen and oxygen atoms in total. The van der Waals surface area contributed by atoms with Crippen LogP contribution in [0.1, 0.15) is 58.6 Å². The summed E-state index contributed by atoms with van der Waals surface area (Å²) >= 11 is 0. The maximum absolute atomic E-state index is 14.0. The van der Waals surface area contributed by atoms with Crippen molar-refractivity contribution in [3.8, 4) is 11.5 Å². The number of allylic oxidation sites excluding steroid dienone is 2. The normalized spacial score (nSPS) is 19.7. The molecule has 1 aliphatic heterocycles. The summed E-state index contributed by atoms with van der Waals surface area (Å²) < 4.78 is 21.5. The Hall–Kier alpha value is -4.72. The second-order valence-electron chi connectivity index (χ2n) is 10.7. The molecule has 0 aromatic heterocycles. The van der Waals surface area contributed by atoms with Crippen molar-refractivity contribution < 1.29 is 33.3 Å². The molecule has 8 heteroatoms. The molecule has 43 heavy (non-hydrogen) atoms. The quantitative estimate of drug-likeness (QED) is 0.292. The van der Waals surface area contributed by atoms with Gasteiger partial charge in [-0.3, -0.25) is 14.6 Å². The Morgan fingerprint density at radius 1 is 0.860 bits per heavy atom. The Bertz CT molecular complexity index is 1570. The van der Waals surface area contributed by atoms with Crippen molar-refractivity contribution >= 4 is 23.4 Å². The fourth-order valence-corrected chi connectivity index (χ4v) is 6.02. The van der Waals surface area contributed by atoms with Crippen LogP contribution in [-0.4, -0.2) is 51.4 Å². The fourth-order valence-electron chi connectivity index (χ4n) is 6.02. The number of hydrogen-bond acceptors (Lipinski definition) is 8. The standard InChI is InChI=1S/C35H35NO7/c1-21-31(35(39)43-17-16-22-8-6-5-7-9-22)32(23-10-12-24(13-11-23)34(38)42-4)33-27(36-21)18-26(19-28(33)37)25-14-15-29(40-2)30(20-25)41-3/h5-15,20,26,31-32H,16-19H2,1-4H3/t26-,31?,32-/m1/s1. The first-order chi connectivity index (χ1) is 20.8. The fraction of sp³-hybridized carbons (Fsp3) is 0.314. The van der Waals surface area contributed by atoms with Gasteiger partial charge < -0.3 is 18.9 Å². The highest BCUT2D eigenvalue weighted by atomic mass is 16.5.